The van der Waals surface area contributed by atoms with Gasteiger partial charge >= 0.3 is 0 Å². The first-order valence-corrected chi connectivity index (χ1v) is 6.30. The number of thiazole rings is 1. The second kappa shape index (κ2) is 4.43. The van der Waals surface area contributed by atoms with Gasteiger partial charge in [0.05, 0.1) is 5.69 Å². The first-order valence-electron chi connectivity index (χ1n) is 5.48. The first-order chi connectivity index (χ1) is 7.22. The van der Waals surface area contributed by atoms with Gasteiger partial charge < -0.3 is 10.5 Å². The van der Waals surface area contributed by atoms with Crippen LogP contribution in [0.3, 0.4) is 0 Å². The molecule has 0 amide bonds. The van der Waals surface area contributed by atoms with Gasteiger partial charge in [-0.25, -0.2) is 4.98 Å². The van der Waals surface area contributed by atoms with E-state index in [0.29, 0.717) is 6.54 Å². The Labute approximate surface area is 102 Å². The molecule has 3 nitrogen and oxygen atoms in total. The summed E-state index contributed by atoms with van der Waals surface area (Å²) in [5.74, 6) is 0. The van der Waals surface area contributed by atoms with Crippen LogP contribution in [0.1, 0.15) is 50.2 Å². The second-order valence-electron chi connectivity index (χ2n) is 5.46. The number of rotatable bonds is 3. The lowest BCUT2D eigenvalue weighted by molar-refractivity contribution is 0.0188. The fourth-order valence-corrected chi connectivity index (χ4v) is 2.65. The SMILES string of the molecule is COC(C)(C)c1nc(C(C)(C)C)c(CN)s1. The molecule has 0 aliphatic rings. The van der Waals surface area contributed by atoms with E-state index in [-0.39, 0.29) is 11.0 Å². The van der Waals surface area contributed by atoms with Crippen molar-refractivity contribution in [3.63, 3.8) is 0 Å². The molecule has 0 unspecified atom stereocenters. The van der Waals surface area contributed by atoms with Gasteiger partial charge in [-0.05, 0) is 13.8 Å². The largest absolute Gasteiger partial charge is 0.372 e. The minimum Gasteiger partial charge on any atom is -0.372 e. The lowest BCUT2D eigenvalue weighted by Crippen LogP contribution is -2.20. The van der Waals surface area contributed by atoms with Crippen LogP contribution in [0.25, 0.3) is 0 Å². The number of hydrogen-bond donors (Lipinski definition) is 1. The van der Waals surface area contributed by atoms with E-state index in [2.05, 4.69) is 20.8 Å². The Morgan fingerprint density at radius 2 is 1.81 bits per heavy atom. The minimum absolute atomic E-state index is 0.0350. The molecule has 0 bridgehead atoms. The van der Waals surface area contributed by atoms with E-state index in [9.17, 15) is 0 Å². The third kappa shape index (κ3) is 2.62. The van der Waals surface area contributed by atoms with Crippen LogP contribution in [0.5, 0.6) is 0 Å². The number of methoxy groups -OCH3 is 1. The second-order valence-corrected chi connectivity index (χ2v) is 6.54. The van der Waals surface area contributed by atoms with Crippen LogP contribution in [-0.4, -0.2) is 12.1 Å². The van der Waals surface area contributed by atoms with Gasteiger partial charge in [0.25, 0.3) is 0 Å². The van der Waals surface area contributed by atoms with Crippen LogP contribution in [0.15, 0.2) is 0 Å². The van der Waals surface area contributed by atoms with Crippen molar-refractivity contribution in [2.45, 2.75) is 52.2 Å². The summed E-state index contributed by atoms with van der Waals surface area (Å²) in [4.78, 5) is 5.87. The van der Waals surface area contributed by atoms with E-state index in [1.165, 1.54) is 0 Å². The van der Waals surface area contributed by atoms with E-state index in [0.717, 1.165) is 15.6 Å². The van der Waals surface area contributed by atoms with Crippen molar-refractivity contribution < 1.29 is 4.74 Å². The quantitative estimate of drug-likeness (QED) is 0.886. The highest BCUT2D eigenvalue weighted by atomic mass is 32.1. The number of ether oxygens (including phenoxy) is 1. The molecule has 2 N–H and O–H groups in total. The average Bonchev–Trinajstić information content (AvgIpc) is 2.61. The standard InChI is InChI=1S/C12H22N2OS/c1-11(2,3)9-8(7-13)16-10(14-9)12(4,5)15-6/h7,13H2,1-6H3. The highest BCUT2D eigenvalue weighted by molar-refractivity contribution is 7.11. The molecule has 0 saturated heterocycles. The molecular weight excluding hydrogens is 220 g/mol. The minimum atomic E-state index is -0.335. The van der Waals surface area contributed by atoms with E-state index in [1.54, 1.807) is 18.4 Å². The molecule has 4 heteroatoms. The molecule has 0 fully saturated rings. The maximum absolute atomic E-state index is 5.77. The smallest absolute Gasteiger partial charge is 0.125 e. The molecule has 16 heavy (non-hydrogen) atoms. The lowest BCUT2D eigenvalue weighted by atomic mass is 9.91. The van der Waals surface area contributed by atoms with Gasteiger partial charge in [-0.1, -0.05) is 20.8 Å². The number of aromatic nitrogens is 1. The molecule has 0 spiro atoms. The molecule has 1 aromatic heterocycles. The fraction of sp³-hybridized carbons (Fsp3) is 0.750. The molecule has 92 valence electrons. The lowest BCUT2D eigenvalue weighted by Gasteiger charge is -2.20. The summed E-state index contributed by atoms with van der Waals surface area (Å²) in [6.07, 6.45) is 0. The summed E-state index contributed by atoms with van der Waals surface area (Å²) in [6, 6.07) is 0. The van der Waals surface area contributed by atoms with Crippen LogP contribution in [-0.2, 0) is 22.3 Å². The predicted molar refractivity (Wildman–Crippen MR) is 68.7 cm³/mol. The van der Waals surface area contributed by atoms with Gasteiger partial charge in [-0.3, -0.25) is 0 Å². The third-order valence-electron chi connectivity index (χ3n) is 2.62. The van der Waals surface area contributed by atoms with E-state index in [1.807, 2.05) is 13.8 Å². The van der Waals surface area contributed by atoms with E-state index < -0.39 is 0 Å². The Kier molecular flexibility index (Phi) is 3.77. The topological polar surface area (TPSA) is 48.1 Å². The van der Waals surface area contributed by atoms with Gasteiger partial charge in [0.15, 0.2) is 0 Å². The molecule has 1 aromatic rings. The van der Waals surface area contributed by atoms with Gasteiger partial charge in [-0.2, -0.15) is 0 Å². The molecule has 0 atom stereocenters. The summed E-state index contributed by atoms with van der Waals surface area (Å²) < 4.78 is 5.46. The molecule has 1 heterocycles. The Bertz CT molecular complexity index is 364. The van der Waals surface area contributed by atoms with Gasteiger partial charge in [-0.15, -0.1) is 11.3 Å². The van der Waals surface area contributed by atoms with Gasteiger partial charge in [0.1, 0.15) is 10.6 Å². The Balaban J connectivity index is 3.23. The monoisotopic (exact) mass is 242 g/mol. The van der Waals surface area contributed by atoms with Crippen molar-refractivity contribution in [2.24, 2.45) is 5.73 Å². The molecule has 0 aliphatic heterocycles. The maximum atomic E-state index is 5.77. The molecule has 0 aliphatic carbocycles. The van der Waals surface area contributed by atoms with E-state index in [4.69, 9.17) is 15.5 Å². The van der Waals surface area contributed by atoms with Crippen LogP contribution >= 0.6 is 11.3 Å². The normalized spacial score (nSPS) is 13.2. The highest BCUT2D eigenvalue weighted by Crippen LogP contribution is 2.35. The van der Waals surface area contributed by atoms with Crippen molar-refractivity contribution in [2.75, 3.05) is 7.11 Å². The molecule has 0 saturated carbocycles. The summed E-state index contributed by atoms with van der Waals surface area (Å²) in [7, 11) is 1.71. The van der Waals surface area contributed by atoms with Crippen LogP contribution in [0.4, 0.5) is 0 Å². The van der Waals surface area contributed by atoms with Crippen molar-refractivity contribution in [1.82, 2.24) is 4.98 Å². The van der Waals surface area contributed by atoms with Crippen molar-refractivity contribution >= 4 is 11.3 Å². The zero-order chi connectivity index (χ0) is 12.6. The van der Waals surface area contributed by atoms with Crippen LogP contribution < -0.4 is 5.73 Å². The number of nitrogens with two attached hydrogens (primary N) is 1. The van der Waals surface area contributed by atoms with Gasteiger partial charge in [0, 0.05) is 23.9 Å². The number of nitrogens with zero attached hydrogens (tertiary/aromatic N) is 1. The fourth-order valence-electron chi connectivity index (χ4n) is 1.42. The molecular formula is C12H22N2OS. The summed E-state index contributed by atoms with van der Waals surface area (Å²) in [5.41, 5.74) is 6.57. The molecule has 0 aromatic carbocycles. The highest BCUT2D eigenvalue weighted by Gasteiger charge is 2.29. The summed E-state index contributed by atoms with van der Waals surface area (Å²) in [5, 5.41) is 1.00. The zero-order valence-corrected chi connectivity index (χ0v) is 11.9. The first kappa shape index (κ1) is 13.6. The van der Waals surface area contributed by atoms with Crippen molar-refractivity contribution in [1.29, 1.82) is 0 Å². The zero-order valence-electron chi connectivity index (χ0n) is 11.0. The van der Waals surface area contributed by atoms with Gasteiger partial charge in [0.2, 0.25) is 0 Å². The summed E-state index contributed by atoms with van der Waals surface area (Å²) in [6.45, 7) is 11.1. The Morgan fingerprint density at radius 3 is 2.12 bits per heavy atom. The number of hydrogen-bond acceptors (Lipinski definition) is 4. The van der Waals surface area contributed by atoms with Crippen molar-refractivity contribution in [3.8, 4) is 0 Å². The van der Waals surface area contributed by atoms with Crippen LogP contribution in [0.2, 0.25) is 0 Å². The average molecular weight is 242 g/mol. The van der Waals surface area contributed by atoms with E-state index >= 15 is 0 Å². The summed E-state index contributed by atoms with van der Waals surface area (Å²) >= 11 is 1.66. The third-order valence-corrected chi connectivity index (χ3v) is 4.00. The molecule has 0 radical (unpaired) electrons. The van der Waals surface area contributed by atoms with Crippen LogP contribution in [0, 0.1) is 0 Å². The predicted octanol–water partition coefficient (Wildman–Crippen LogP) is 2.78. The maximum Gasteiger partial charge on any atom is 0.125 e. The Morgan fingerprint density at radius 1 is 1.25 bits per heavy atom. The Hall–Kier alpha value is -0.450. The molecule has 1 rings (SSSR count). The van der Waals surface area contributed by atoms with Crippen molar-refractivity contribution in [3.05, 3.63) is 15.6 Å².